The zero-order valence-corrected chi connectivity index (χ0v) is 24.4. The van der Waals surface area contributed by atoms with Crippen molar-refractivity contribution in [3.63, 3.8) is 0 Å². The zero-order chi connectivity index (χ0) is 29.2. The Kier molecular flexibility index (Phi) is 14.8. The Morgan fingerprint density at radius 3 is 1.82 bits per heavy atom. The SMILES string of the molecule is C=C(C)C(=O)OCCCCCCCCCCCOc1ccc(/C=C(\C#N)c2cc(OC)c(OC)c(OC)c2)cc1. The summed E-state index contributed by atoms with van der Waals surface area (Å²) in [6.45, 7) is 6.42. The first kappa shape index (κ1) is 32.3. The van der Waals surface area contributed by atoms with Crippen molar-refractivity contribution in [2.75, 3.05) is 34.5 Å². The summed E-state index contributed by atoms with van der Waals surface area (Å²) in [6.07, 6.45) is 12.1. The third-order valence-corrected chi connectivity index (χ3v) is 6.43. The molecule has 0 saturated heterocycles. The highest BCUT2D eigenvalue weighted by molar-refractivity contribution is 5.91. The van der Waals surface area contributed by atoms with Gasteiger partial charge in [-0.05, 0) is 61.2 Å². The highest BCUT2D eigenvalue weighted by Gasteiger charge is 2.15. The van der Waals surface area contributed by atoms with Crippen LogP contribution in [0, 0.1) is 11.3 Å². The van der Waals surface area contributed by atoms with Crippen LogP contribution < -0.4 is 18.9 Å². The van der Waals surface area contributed by atoms with Crippen LogP contribution in [-0.4, -0.2) is 40.5 Å². The molecule has 0 aliphatic rings. The number of esters is 1. The van der Waals surface area contributed by atoms with E-state index in [1.165, 1.54) is 32.1 Å². The second-order valence-electron chi connectivity index (χ2n) is 9.60. The summed E-state index contributed by atoms with van der Waals surface area (Å²) in [5.41, 5.74) is 2.51. The predicted molar refractivity (Wildman–Crippen MR) is 159 cm³/mol. The highest BCUT2D eigenvalue weighted by atomic mass is 16.5. The molecule has 0 spiro atoms. The van der Waals surface area contributed by atoms with Gasteiger partial charge >= 0.3 is 5.97 Å². The van der Waals surface area contributed by atoms with Gasteiger partial charge in [-0.1, -0.05) is 63.7 Å². The van der Waals surface area contributed by atoms with Crippen LogP contribution in [0.1, 0.15) is 75.8 Å². The van der Waals surface area contributed by atoms with Gasteiger partial charge in [0.25, 0.3) is 0 Å². The zero-order valence-electron chi connectivity index (χ0n) is 24.4. The lowest BCUT2D eigenvalue weighted by Crippen LogP contribution is -2.05. The number of hydrogen-bond acceptors (Lipinski definition) is 7. The maximum atomic E-state index is 11.3. The molecule has 216 valence electrons. The van der Waals surface area contributed by atoms with Crippen LogP contribution in [0.2, 0.25) is 0 Å². The molecule has 40 heavy (non-hydrogen) atoms. The number of benzene rings is 2. The van der Waals surface area contributed by atoms with E-state index < -0.39 is 0 Å². The second-order valence-corrected chi connectivity index (χ2v) is 9.60. The number of carbonyl (C=O) groups excluding carboxylic acids is 1. The molecule has 0 heterocycles. The molecule has 7 nitrogen and oxygen atoms in total. The lowest BCUT2D eigenvalue weighted by atomic mass is 10.0. The largest absolute Gasteiger partial charge is 0.494 e. The average Bonchev–Trinajstić information content (AvgIpc) is 2.97. The van der Waals surface area contributed by atoms with E-state index in [0.29, 0.717) is 47.2 Å². The number of methoxy groups -OCH3 is 3. The van der Waals surface area contributed by atoms with Crippen LogP contribution in [0.3, 0.4) is 0 Å². The summed E-state index contributed by atoms with van der Waals surface area (Å²) >= 11 is 0. The number of carbonyl (C=O) groups is 1. The number of rotatable bonds is 19. The minimum Gasteiger partial charge on any atom is -0.494 e. The first-order valence-corrected chi connectivity index (χ1v) is 13.9. The lowest BCUT2D eigenvalue weighted by Gasteiger charge is -2.14. The van der Waals surface area contributed by atoms with Gasteiger partial charge in [0.15, 0.2) is 11.5 Å². The van der Waals surface area contributed by atoms with Gasteiger partial charge in [-0.25, -0.2) is 4.79 Å². The Hall–Kier alpha value is -3.92. The van der Waals surface area contributed by atoms with Crippen molar-refractivity contribution in [1.29, 1.82) is 5.26 Å². The summed E-state index contributed by atoms with van der Waals surface area (Å²) in [6, 6.07) is 13.5. The smallest absolute Gasteiger partial charge is 0.333 e. The standard InChI is InChI=1S/C33H43NO6/c1-25(2)33(35)40-20-14-12-10-8-6-7-9-11-13-19-39-29-17-15-26(16-18-29)21-28(24-34)27-22-30(36-3)32(38-5)31(23-27)37-4/h15-18,21-23H,1,6-14,19-20H2,2-5H3/b28-21+. The molecule has 2 aromatic rings. The van der Waals surface area contributed by atoms with Gasteiger partial charge in [-0.15, -0.1) is 0 Å². The third kappa shape index (κ3) is 11.1. The number of ether oxygens (including phenoxy) is 5. The molecular weight excluding hydrogens is 506 g/mol. The summed E-state index contributed by atoms with van der Waals surface area (Å²) in [4.78, 5) is 11.3. The fourth-order valence-electron chi connectivity index (χ4n) is 4.16. The molecule has 0 bridgehead atoms. The predicted octanol–water partition coefficient (Wildman–Crippen LogP) is 7.79. The van der Waals surface area contributed by atoms with E-state index in [9.17, 15) is 10.1 Å². The Bertz CT molecular complexity index is 1120. The van der Waals surface area contributed by atoms with Gasteiger partial charge in [0.05, 0.1) is 46.2 Å². The van der Waals surface area contributed by atoms with Crippen LogP contribution in [0.25, 0.3) is 11.6 Å². The summed E-state index contributed by atoms with van der Waals surface area (Å²) in [5.74, 6) is 2.00. The molecule has 0 unspecified atom stereocenters. The normalized spacial score (nSPS) is 10.9. The third-order valence-electron chi connectivity index (χ3n) is 6.43. The van der Waals surface area contributed by atoms with Crippen molar-refractivity contribution in [2.24, 2.45) is 0 Å². The topological polar surface area (TPSA) is 87.0 Å². The molecular formula is C33H43NO6. The molecule has 0 amide bonds. The Morgan fingerprint density at radius 2 is 1.35 bits per heavy atom. The van der Waals surface area contributed by atoms with E-state index in [0.717, 1.165) is 37.0 Å². The second kappa shape index (κ2) is 18.4. The quantitative estimate of drug-likeness (QED) is 0.0581. The van der Waals surface area contributed by atoms with E-state index in [4.69, 9.17) is 23.7 Å². The van der Waals surface area contributed by atoms with E-state index >= 15 is 0 Å². The summed E-state index contributed by atoms with van der Waals surface area (Å²) in [5, 5.41) is 9.79. The molecule has 0 radical (unpaired) electrons. The molecule has 0 N–H and O–H groups in total. The van der Waals surface area contributed by atoms with Crippen LogP contribution >= 0.6 is 0 Å². The Labute approximate surface area is 239 Å². The number of allylic oxidation sites excluding steroid dienone is 1. The Balaban J connectivity index is 1.68. The maximum absolute atomic E-state index is 11.3. The Morgan fingerprint density at radius 1 is 0.825 bits per heavy atom. The minimum absolute atomic E-state index is 0.295. The molecule has 2 rings (SSSR count). The molecule has 0 fully saturated rings. The molecule has 0 aliphatic heterocycles. The molecule has 2 aromatic carbocycles. The van der Waals surface area contributed by atoms with Gasteiger partial charge in [0, 0.05) is 5.57 Å². The first-order chi connectivity index (χ1) is 19.4. The van der Waals surface area contributed by atoms with E-state index in [-0.39, 0.29) is 5.97 Å². The van der Waals surface area contributed by atoms with Crippen molar-refractivity contribution < 1.29 is 28.5 Å². The minimum atomic E-state index is -0.295. The van der Waals surface area contributed by atoms with E-state index in [1.54, 1.807) is 40.4 Å². The first-order valence-electron chi connectivity index (χ1n) is 13.9. The van der Waals surface area contributed by atoms with Crippen LogP contribution in [0.5, 0.6) is 23.0 Å². The number of nitriles is 1. The fraction of sp³-hybridized carbons (Fsp3) is 0.455. The number of hydrogen-bond donors (Lipinski definition) is 0. The van der Waals surface area contributed by atoms with Gasteiger partial charge in [-0.2, -0.15) is 5.26 Å². The van der Waals surface area contributed by atoms with Gasteiger partial charge in [0.1, 0.15) is 5.75 Å². The highest BCUT2D eigenvalue weighted by Crippen LogP contribution is 2.40. The molecule has 0 saturated carbocycles. The summed E-state index contributed by atoms with van der Waals surface area (Å²) < 4.78 is 27.2. The van der Waals surface area contributed by atoms with Crippen LogP contribution in [-0.2, 0) is 9.53 Å². The monoisotopic (exact) mass is 549 g/mol. The van der Waals surface area contributed by atoms with Gasteiger partial charge in [-0.3, -0.25) is 0 Å². The van der Waals surface area contributed by atoms with Crippen molar-refractivity contribution in [1.82, 2.24) is 0 Å². The van der Waals surface area contributed by atoms with E-state index in [1.807, 2.05) is 30.3 Å². The van der Waals surface area contributed by atoms with Crippen molar-refractivity contribution in [2.45, 2.75) is 64.7 Å². The number of nitrogens with zero attached hydrogens (tertiary/aromatic N) is 1. The van der Waals surface area contributed by atoms with Crippen LogP contribution in [0.4, 0.5) is 0 Å². The molecule has 0 atom stereocenters. The van der Waals surface area contributed by atoms with Crippen LogP contribution in [0.15, 0.2) is 48.6 Å². The van der Waals surface area contributed by atoms with Gasteiger partial charge < -0.3 is 23.7 Å². The fourth-order valence-corrected chi connectivity index (χ4v) is 4.16. The van der Waals surface area contributed by atoms with E-state index in [2.05, 4.69) is 12.6 Å². The molecule has 0 aliphatic carbocycles. The molecule has 0 aromatic heterocycles. The molecule has 7 heteroatoms. The maximum Gasteiger partial charge on any atom is 0.333 e. The van der Waals surface area contributed by atoms with Crippen molar-refractivity contribution >= 4 is 17.6 Å². The van der Waals surface area contributed by atoms with Gasteiger partial charge in [0.2, 0.25) is 5.75 Å². The average molecular weight is 550 g/mol. The number of unbranched alkanes of at least 4 members (excludes halogenated alkanes) is 8. The lowest BCUT2D eigenvalue weighted by molar-refractivity contribution is -0.139. The van der Waals surface area contributed by atoms with Crippen molar-refractivity contribution in [3.8, 4) is 29.1 Å². The summed E-state index contributed by atoms with van der Waals surface area (Å²) in [7, 11) is 4.65. The van der Waals surface area contributed by atoms with Crippen molar-refractivity contribution in [3.05, 3.63) is 59.7 Å².